The van der Waals surface area contributed by atoms with Crippen LogP contribution in [0.1, 0.15) is 12.5 Å². The first-order valence-corrected chi connectivity index (χ1v) is 9.26. The molecular formula is C18H21NO4S. The standard InChI is InChI=1S/C18H21NO4S/c1-14(18(20)19(2)3)24(21,22)13-15-9-7-8-12-17(15)23-16-10-5-4-6-11-16/h4-12,14H,13H2,1-3H3. The molecule has 0 bridgehead atoms. The summed E-state index contributed by atoms with van der Waals surface area (Å²) in [5.41, 5.74) is 0.528. The van der Waals surface area contributed by atoms with Gasteiger partial charge in [0.15, 0.2) is 9.84 Å². The molecule has 0 radical (unpaired) electrons. The molecule has 0 fully saturated rings. The Kier molecular flexibility index (Phi) is 5.62. The molecule has 2 rings (SSSR count). The number of hydrogen-bond acceptors (Lipinski definition) is 4. The van der Waals surface area contributed by atoms with Gasteiger partial charge >= 0.3 is 0 Å². The average molecular weight is 347 g/mol. The smallest absolute Gasteiger partial charge is 0.240 e. The lowest BCUT2D eigenvalue weighted by atomic mass is 10.2. The quantitative estimate of drug-likeness (QED) is 0.806. The minimum Gasteiger partial charge on any atom is -0.457 e. The lowest BCUT2D eigenvalue weighted by Crippen LogP contribution is -2.37. The van der Waals surface area contributed by atoms with E-state index in [0.29, 0.717) is 17.1 Å². The van der Waals surface area contributed by atoms with E-state index in [0.717, 1.165) is 0 Å². The Morgan fingerprint density at radius 3 is 2.25 bits per heavy atom. The Labute approximate surface area is 142 Å². The Morgan fingerprint density at radius 1 is 1.04 bits per heavy atom. The lowest BCUT2D eigenvalue weighted by molar-refractivity contribution is -0.127. The predicted octanol–water partition coefficient (Wildman–Crippen LogP) is 2.87. The number of rotatable bonds is 6. The molecule has 2 aromatic carbocycles. The molecule has 0 aliphatic rings. The molecule has 1 unspecified atom stereocenters. The van der Waals surface area contributed by atoms with Gasteiger partial charge in [-0.15, -0.1) is 0 Å². The van der Waals surface area contributed by atoms with Crippen molar-refractivity contribution in [3.05, 3.63) is 60.2 Å². The third-order valence-corrected chi connectivity index (χ3v) is 5.62. The molecule has 0 N–H and O–H groups in total. The van der Waals surface area contributed by atoms with Crippen LogP contribution in [0.2, 0.25) is 0 Å². The van der Waals surface area contributed by atoms with E-state index >= 15 is 0 Å². The molecule has 2 aromatic rings. The fraction of sp³-hybridized carbons (Fsp3) is 0.278. The van der Waals surface area contributed by atoms with Crippen LogP contribution in [-0.2, 0) is 20.4 Å². The highest BCUT2D eigenvalue weighted by atomic mass is 32.2. The highest BCUT2D eigenvalue weighted by Gasteiger charge is 2.30. The Hall–Kier alpha value is -2.34. The first-order valence-electron chi connectivity index (χ1n) is 7.55. The minimum atomic E-state index is -3.64. The van der Waals surface area contributed by atoms with Crippen LogP contribution >= 0.6 is 0 Å². The van der Waals surface area contributed by atoms with Crippen LogP contribution in [0.5, 0.6) is 11.5 Å². The zero-order chi connectivity index (χ0) is 17.7. The molecule has 24 heavy (non-hydrogen) atoms. The summed E-state index contributed by atoms with van der Waals surface area (Å²) in [6.45, 7) is 1.42. The van der Waals surface area contributed by atoms with Gasteiger partial charge in [-0.3, -0.25) is 4.79 Å². The number of nitrogens with zero attached hydrogens (tertiary/aromatic N) is 1. The number of carbonyl (C=O) groups is 1. The molecule has 0 saturated carbocycles. The van der Waals surface area contributed by atoms with E-state index in [4.69, 9.17) is 4.74 Å². The summed E-state index contributed by atoms with van der Waals surface area (Å²) in [6.07, 6.45) is 0. The largest absolute Gasteiger partial charge is 0.457 e. The van der Waals surface area contributed by atoms with Gasteiger partial charge in [0.1, 0.15) is 16.7 Å². The van der Waals surface area contributed by atoms with Gasteiger partial charge in [-0.05, 0) is 25.1 Å². The molecule has 0 aromatic heterocycles. The van der Waals surface area contributed by atoms with E-state index in [-0.39, 0.29) is 5.75 Å². The lowest BCUT2D eigenvalue weighted by Gasteiger charge is -2.18. The van der Waals surface area contributed by atoms with Gasteiger partial charge in [0.25, 0.3) is 0 Å². The van der Waals surface area contributed by atoms with Crippen molar-refractivity contribution in [3.8, 4) is 11.5 Å². The fourth-order valence-electron chi connectivity index (χ4n) is 2.20. The monoisotopic (exact) mass is 347 g/mol. The molecule has 1 atom stereocenters. The third kappa shape index (κ3) is 4.35. The van der Waals surface area contributed by atoms with Gasteiger partial charge in [0.2, 0.25) is 5.91 Å². The number of hydrogen-bond donors (Lipinski definition) is 0. The van der Waals surface area contributed by atoms with Crippen LogP contribution in [0.15, 0.2) is 54.6 Å². The Morgan fingerprint density at radius 2 is 1.62 bits per heavy atom. The summed E-state index contributed by atoms with van der Waals surface area (Å²) in [5.74, 6) is 0.407. The van der Waals surface area contributed by atoms with E-state index in [1.54, 1.807) is 50.5 Å². The maximum atomic E-state index is 12.5. The van der Waals surface area contributed by atoms with Crippen LogP contribution < -0.4 is 4.74 Å². The fourth-order valence-corrected chi connectivity index (χ4v) is 3.64. The van der Waals surface area contributed by atoms with E-state index in [1.165, 1.54) is 11.8 Å². The van der Waals surface area contributed by atoms with Gasteiger partial charge in [0.05, 0.1) is 5.75 Å². The van der Waals surface area contributed by atoms with Crippen molar-refractivity contribution in [1.82, 2.24) is 4.90 Å². The highest BCUT2D eigenvalue weighted by molar-refractivity contribution is 7.92. The summed E-state index contributed by atoms with van der Waals surface area (Å²) in [7, 11) is -0.559. The third-order valence-electron chi connectivity index (χ3n) is 3.63. The van der Waals surface area contributed by atoms with Crippen molar-refractivity contribution in [3.63, 3.8) is 0 Å². The topological polar surface area (TPSA) is 63.7 Å². The highest BCUT2D eigenvalue weighted by Crippen LogP contribution is 2.27. The van der Waals surface area contributed by atoms with Crippen molar-refractivity contribution in [2.75, 3.05) is 14.1 Å². The number of para-hydroxylation sites is 2. The summed E-state index contributed by atoms with van der Waals surface area (Å²) in [6, 6.07) is 16.1. The van der Waals surface area contributed by atoms with Gasteiger partial charge in [0, 0.05) is 19.7 Å². The van der Waals surface area contributed by atoms with Gasteiger partial charge < -0.3 is 9.64 Å². The van der Waals surface area contributed by atoms with E-state index in [9.17, 15) is 13.2 Å². The first kappa shape index (κ1) is 18.0. The molecule has 0 aliphatic heterocycles. The molecule has 6 heteroatoms. The molecule has 0 spiro atoms. The van der Waals surface area contributed by atoms with Crippen LogP contribution in [0.4, 0.5) is 0 Å². The Bertz CT molecular complexity index is 801. The molecule has 0 heterocycles. The van der Waals surface area contributed by atoms with Gasteiger partial charge in [-0.1, -0.05) is 36.4 Å². The molecular weight excluding hydrogens is 326 g/mol. The van der Waals surface area contributed by atoms with Crippen LogP contribution in [0.3, 0.4) is 0 Å². The van der Waals surface area contributed by atoms with Crippen molar-refractivity contribution in [1.29, 1.82) is 0 Å². The summed E-state index contributed by atoms with van der Waals surface area (Å²) >= 11 is 0. The Balaban J connectivity index is 2.25. The molecule has 0 aliphatic carbocycles. The first-order chi connectivity index (χ1) is 11.3. The summed E-state index contributed by atoms with van der Waals surface area (Å²) in [4.78, 5) is 13.3. The van der Waals surface area contributed by atoms with Crippen molar-refractivity contribution < 1.29 is 17.9 Å². The number of sulfone groups is 1. The second-order valence-electron chi connectivity index (χ2n) is 5.70. The van der Waals surface area contributed by atoms with Crippen LogP contribution in [0, 0.1) is 0 Å². The number of amides is 1. The zero-order valence-corrected chi connectivity index (χ0v) is 14.8. The maximum Gasteiger partial charge on any atom is 0.240 e. The van der Waals surface area contributed by atoms with Crippen molar-refractivity contribution in [2.24, 2.45) is 0 Å². The number of carbonyl (C=O) groups excluding carboxylic acids is 1. The van der Waals surface area contributed by atoms with E-state index in [1.807, 2.05) is 18.2 Å². The maximum absolute atomic E-state index is 12.5. The van der Waals surface area contributed by atoms with Gasteiger partial charge in [-0.2, -0.15) is 0 Å². The normalized spacial score (nSPS) is 12.5. The molecule has 1 amide bonds. The predicted molar refractivity (Wildman–Crippen MR) is 93.7 cm³/mol. The van der Waals surface area contributed by atoms with E-state index < -0.39 is 21.0 Å². The number of ether oxygens (including phenoxy) is 1. The van der Waals surface area contributed by atoms with Crippen LogP contribution in [0.25, 0.3) is 0 Å². The second kappa shape index (κ2) is 7.49. The average Bonchev–Trinajstić information content (AvgIpc) is 2.56. The zero-order valence-electron chi connectivity index (χ0n) is 14.0. The summed E-state index contributed by atoms with van der Waals surface area (Å²) < 4.78 is 30.9. The number of benzene rings is 2. The van der Waals surface area contributed by atoms with Crippen molar-refractivity contribution >= 4 is 15.7 Å². The SMILES string of the molecule is CC(C(=O)N(C)C)S(=O)(=O)Cc1ccccc1Oc1ccccc1. The summed E-state index contributed by atoms with van der Waals surface area (Å²) in [5, 5.41) is -1.10. The van der Waals surface area contributed by atoms with Crippen LogP contribution in [-0.4, -0.2) is 38.6 Å². The second-order valence-corrected chi connectivity index (χ2v) is 8.03. The molecule has 5 nitrogen and oxygen atoms in total. The molecule has 0 saturated heterocycles. The molecule has 128 valence electrons. The minimum absolute atomic E-state index is 0.253. The van der Waals surface area contributed by atoms with E-state index in [2.05, 4.69) is 0 Å². The van der Waals surface area contributed by atoms with Crippen molar-refractivity contribution in [2.45, 2.75) is 17.9 Å². The van der Waals surface area contributed by atoms with Gasteiger partial charge in [-0.25, -0.2) is 8.42 Å².